The maximum atomic E-state index is 13.6. The Hall–Kier alpha value is -2.41. The fourth-order valence-corrected chi connectivity index (χ4v) is 1.71. The number of benzene rings is 1. The van der Waals surface area contributed by atoms with E-state index in [9.17, 15) is 9.18 Å². The first-order valence-corrected chi connectivity index (χ1v) is 5.99. The van der Waals surface area contributed by atoms with Crippen LogP contribution in [0.3, 0.4) is 0 Å². The molecule has 20 heavy (non-hydrogen) atoms. The van der Waals surface area contributed by atoms with Crippen LogP contribution in [0.1, 0.15) is 15.9 Å². The number of anilines is 1. The summed E-state index contributed by atoms with van der Waals surface area (Å²) in [6.45, 7) is 0.693. The quantitative estimate of drug-likeness (QED) is 0.742. The van der Waals surface area contributed by atoms with Crippen LogP contribution in [0.15, 0.2) is 30.6 Å². The molecule has 0 unspecified atom stereocenters. The molecule has 0 aliphatic rings. The fraction of sp³-hybridized carbons (Fsp3) is 0.231. The van der Waals surface area contributed by atoms with Crippen molar-refractivity contribution in [3.8, 4) is 0 Å². The number of hydrogen-bond donors (Lipinski definition) is 3. The second-order valence-corrected chi connectivity index (χ2v) is 4.19. The number of carbonyl (C=O) groups is 1. The lowest BCUT2D eigenvalue weighted by atomic mass is 10.2. The number of aromatic carboxylic acids is 1. The summed E-state index contributed by atoms with van der Waals surface area (Å²) in [6.07, 6.45) is 3.32. The van der Waals surface area contributed by atoms with Gasteiger partial charge in [0.25, 0.3) is 0 Å². The smallest absolute Gasteiger partial charge is 0.335 e. The summed E-state index contributed by atoms with van der Waals surface area (Å²) in [4.78, 5) is 10.8. The van der Waals surface area contributed by atoms with Crippen LogP contribution in [0.2, 0.25) is 0 Å². The van der Waals surface area contributed by atoms with Crippen LogP contribution < -0.4 is 5.32 Å². The van der Waals surface area contributed by atoms with Crippen molar-refractivity contribution < 1.29 is 19.4 Å². The third-order valence-electron chi connectivity index (χ3n) is 2.71. The molecule has 6 nitrogen and oxygen atoms in total. The van der Waals surface area contributed by atoms with Crippen molar-refractivity contribution in [3.05, 3.63) is 47.5 Å². The monoisotopic (exact) mass is 279 g/mol. The second kappa shape index (κ2) is 6.16. The van der Waals surface area contributed by atoms with Crippen LogP contribution >= 0.6 is 0 Å². The van der Waals surface area contributed by atoms with Gasteiger partial charge in [0.1, 0.15) is 5.82 Å². The van der Waals surface area contributed by atoms with E-state index >= 15 is 0 Å². The van der Waals surface area contributed by atoms with Gasteiger partial charge in [-0.3, -0.25) is 4.68 Å². The van der Waals surface area contributed by atoms with E-state index < -0.39 is 11.8 Å². The van der Waals surface area contributed by atoms with Gasteiger partial charge in [-0.05, 0) is 18.2 Å². The summed E-state index contributed by atoms with van der Waals surface area (Å²) in [5.74, 6) is -1.62. The van der Waals surface area contributed by atoms with E-state index in [-0.39, 0.29) is 17.9 Å². The van der Waals surface area contributed by atoms with E-state index in [2.05, 4.69) is 10.4 Å². The molecule has 0 spiro atoms. The van der Waals surface area contributed by atoms with Gasteiger partial charge in [-0.25, -0.2) is 9.18 Å². The maximum Gasteiger partial charge on any atom is 0.335 e. The van der Waals surface area contributed by atoms with Crippen molar-refractivity contribution >= 4 is 11.7 Å². The molecule has 0 saturated heterocycles. The number of rotatable bonds is 6. The minimum absolute atomic E-state index is 0.0101. The molecule has 0 bridgehead atoms. The number of aromatic nitrogens is 2. The molecule has 2 aromatic rings. The van der Waals surface area contributed by atoms with Gasteiger partial charge in [0, 0.05) is 18.3 Å². The molecule has 0 atom stereocenters. The largest absolute Gasteiger partial charge is 0.478 e. The fourth-order valence-electron chi connectivity index (χ4n) is 1.71. The van der Waals surface area contributed by atoms with Gasteiger partial charge < -0.3 is 15.5 Å². The predicted octanol–water partition coefficient (Wildman–Crippen LogP) is 1.32. The molecule has 1 aromatic carbocycles. The summed E-state index contributed by atoms with van der Waals surface area (Å²) in [7, 11) is 0. The Kier molecular flexibility index (Phi) is 4.31. The molecule has 0 aliphatic heterocycles. The van der Waals surface area contributed by atoms with E-state index in [1.807, 2.05) is 0 Å². The van der Waals surface area contributed by atoms with Gasteiger partial charge in [0.15, 0.2) is 0 Å². The van der Waals surface area contributed by atoms with E-state index in [4.69, 9.17) is 10.2 Å². The van der Waals surface area contributed by atoms with Gasteiger partial charge in [0.2, 0.25) is 0 Å². The maximum absolute atomic E-state index is 13.6. The highest BCUT2D eigenvalue weighted by Crippen LogP contribution is 2.17. The first-order valence-electron chi connectivity index (χ1n) is 5.99. The van der Waals surface area contributed by atoms with Crippen LogP contribution in [0.5, 0.6) is 0 Å². The number of hydrogen-bond acceptors (Lipinski definition) is 4. The van der Waals surface area contributed by atoms with Crippen LogP contribution in [-0.2, 0) is 13.1 Å². The zero-order valence-corrected chi connectivity index (χ0v) is 10.6. The molecule has 0 amide bonds. The summed E-state index contributed by atoms with van der Waals surface area (Å²) in [5, 5.41) is 24.5. The predicted molar refractivity (Wildman–Crippen MR) is 70.0 cm³/mol. The van der Waals surface area contributed by atoms with E-state index in [1.54, 1.807) is 17.1 Å². The van der Waals surface area contributed by atoms with Gasteiger partial charge in [-0.1, -0.05) is 0 Å². The van der Waals surface area contributed by atoms with Crippen molar-refractivity contribution in [2.45, 2.75) is 13.1 Å². The number of nitrogens with zero attached hydrogens (tertiary/aromatic N) is 2. The highest BCUT2D eigenvalue weighted by atomic mass is 19.1. The molecular weight excluding hydrogens is 265 g/mol. The molecule has 0 saturated carbocycles. The molecule has 3 N–H and O–H groups in total. The lowest BCUT2D eigenvalue weighted by Crippen LogP contribution is -2.04. The summed E-state index contributed by atoms with van der Waals surface area (Å²) in [6, 6.07) is 3.57. The Morgan fingerprint density at radius 3 is 2.95 bits per heavy atom. The lowest BCUT2D eigenvalue weighted by molar-refractivity contribution is 0.0697. The summed E-state index contributed by atoms with van der Waals surface area (Å²) < 4.78 is 15.1. The second-order valence-electron chi connectivity index (χ2n) is 4.19. The first-order chi connectivity index (χ1) is 9.60. The Morgan fingerprint density at radius 1 is 1.45 bits per heavy atom. The highest BCUT2D eigenvalue weighted by Gasteiger charge is 2.08. The molecule has 0 aliphatic carbocycles. The van der Waals surface area contributed by atoms with E-state index in [1.165, 1.54) is 12.1 Å². The van der Waals surface area contributed by atoms with Gasteiger partial charge in [-0.15, -0.1) is 0 Å². The first kappa shape index (κ1) is 14.0. The number of aliphatic hydroxyl groups excluding tert-OH is 1. The molecule has 0 fully saturated rings. The zero-order chi connectivity index (χ0) is 14.5. The van der Waals surface area contributed by atoms with Crippen molar-refractivity contribution in [1.29, 1.82) is 0 Å². The third-order valence-corrected chi connectivity index (χ3v) is 2.71. The zero-order valence-electron chi connectivity index (χ0n) is 10.6. The third kappa shape index (κ3) is 3.33. The van der Waals surface area contributed by atoms with Crippen LogP contribution in [-0.4, -0.2) is 32.6 Å². The lowest BCUT2D eigenvalue weighted by Gasteiger charge is -2.07. The Labute approximate surface area is 114 Å². The molecule has 7 heteroatoms. The number of halogens is 1. The number of carboxylic acid groups (broad SMARTS) is 1. The highest BCUT2D eigenvalue weighted by molar-refractivity contribution is 5.88. The summed E-state index contributed by atoms with van der Waals surface area (Å²) in [5.41, 5.74) is 0.947. The molecule has 1 heterocycles. The average molecular weight is 279 g/mol. The number of carboxylic acids is 1. The van der Waals surface area contributed by atoms with Crippen molar-refractivity contribution in [2.75, 3.05) is 11.9 Å². The minimum atomic E-state index is -1.11. The molecule has 0 radical (unpaired) electrons. The average Bonchev–Trinajstić information content (AvgIpc) is 2.86. The van der Waals surface area contributed by atoms with Crippen molar-refractivity contribution in [2.24, 2.45) is 0 Å². The Bertz CT molecular complexity index is 613. The summed E-state index contributed by atoms with van der Waals surface area (Å²) >= 11 is 0. The minimum Gasteiger partial charge on any atom is -0.478 e. The van der Waals surface area contributed by atoms with Crippen LogP contribution in [0, 0.1) is 5.82 Å². The van der Waals surface area contributed by atoms with Gasteiger partial charge in [0.05, 0.1) is 30.6 Å². The molecule has 2 rings (SSSR count). The van der Waals surface area contributed by atoms with Gasteiger partial charge in [-0.2, -0.15) is 5.10 Å². The topological polar surface area (TPSA) is 87.4 Å². The molecule has 106 valence electrons. The van der Waals surface area contributed by atoms with Crippen molar-refractivity contribution in [1.82, 2.24) is 9.78 Å². The Morgan fingerprint density at radius 2 is 2.25 bits per heavy atom. The van der Waals surface area contributed by atoms with Crippen molar-refractivity contribution in [3.63, 3.8) is 0 Å². The van der Waals surface area contributed by atoms with Crippen LogP contribution in [0.4, 0.5) is 10.1 Å². The van der Waals surface area contributed by atoms with Crippen LogP contribution in [0.25, 0.3) is 0 Å². The standard InChI is InChI=1S/C13H14FN3O3/c14-11-2-1-10(13(19)20)5-12(11)15-6-9-7-16-17(8-9)3-4-18/h1-2,5,7-8,15,18H,3-4,6H2,(H,19,20). The Balaban J connectivity index is 2.05. The van der Waals surface area contributed by atoms with Gasteiger partial charge >= 0.3 is 5.97 Å². The molecular formula is C13H14FN3O3. The SMILES string of the molecule is O=C(O)c1ccc(F)c(NCc2cnn(CCO)c2)c1. The number of nitrogens with one attached hydrogen (secondary N) is 1. The number of aliphatic hydroxyl groups is 1. The molecule has 1 aromatic heterocycles. The normalized spacial score (nSPS) is 10.5. The van der Waals surface area contributed by atoms with E-state index in [0.717, 1.165) is 11.6 Å². The van der Waals surface area contributed by atoms with E-state index in [0.29, 0.717) is 13.1 Å².